The van der Waals surface area contributed by atoms with Crippen LogP contribution >= 0.6 is 11.6 Å². The molecule has 0 aliphatic carbocycles. The van der Waals surface area contributed by atoms with Crippen molar-refractivity contribution in [1.29, 1.82) is 0 Å². The Hall–Kier alpha value is -2.90. The fourth-order valence-electron chi connectivity index (χ4n) is 3.49. The molecule has 29 heavy (non-hydrogen) atoms. The average molecular weight is 413 g/mol. The molecule has 7 nitrogen and oxygen atoms in total. The summed E-state index contributed by atoms with van der Waals surface area (Å²) in [4.78, 5) is 32.1. The van der Waals surface area contributed by atoms with Crippen molar-refractivity contribution in [2.24, 2.45) is 0 Å². The van der Waals surface area contributed by atoms with Crippen molar-refractivity contribution in [3.8, 4) is 11.3 Å². The number of ether oxygens (including phenoxy) is 1. The summed E-state index contributed by atoms with van der Waals surface area (Å²) in [5.74, 6) is -0.201. The third kappa shape index (κ3) is 3.71. The molecule has 2 aromatic heterocycles. The number of benzene rings is 1. The molecule has 4 rings (SSSR count). The monoisotopic (exact) mass is 412 g/mol. The van der Waals surface area contributed by atoms with Gasteiger partial charge in [-0.3, -0.25) is 18.6 Å². The Labute approximate surface area is 172 Å². The Balaban J connectivity index is 1.83. The first kappa shape index (κ1) is 19.4. The molecule has 1 aromatic carbocycles. The lowest BCUT2D eigenvalue weighted by Gasteiger charge is -2.17. The minimum absolute atomic E-state index is 0.192. The van der Waals surface area contributed by atoms with Gasteiger partial charge in [0.05, 0.1) is 12.3 Å². The lowest BCUT2D eigenvalue weighted by Crippen LogP contribution is -2.33. The van der Waals surface area contributed by atoms with Crippen molar-refractivity contribution in [1.82, 2.24) is 18.9 Å². The first-order valence-electron chi connectivity index (χ1n) is 9.45. The maximum atomic E-state index is 13.1. The van der Waals surface area contributed by atoms with Gasteiger partial charge in [-0.15, -0.1) is 6.58 Å². The molecule has 8 heteroatoms. The van der Waals surface area contributed by atoms with Crippen LogP contribution in [0.15, 0.2) is 54.1 Å². The largest absolute Gasteiger partial charge is 0.380 e. The summed E-state index contributed by atoms with van der Waals surface area (Å²) >= 11 is 6.37. The van der Waals surface area contributed by atoms with Crippen molar-refractivity contribution in [3.05, 3.63) is 70.4 Å². The van der Waals surface area contributed by atoms with Gasteiger partial charge in [0.15, 0.2) is 0 Å². The van der Waals surface area contributed by atoms with E-state index in [1.807, 2.05) is 18.2 Å². The highest BCUT2D eigenvalue weighted by atomic mass is 35.5. The normalized spacial score (nSPS) is 14.7. The highest BCUT2D eigenvalue weighted by Crippen LogP contribution is 2.27. The van der Waals surface area contributed by atoms with Crippen LogP contribution in [0.25, 0.3) is 16.9 Å². The van der Waals surface area contributed by atoms with Gasteiger partial charge in [-0.1, -0.05) is 35.9 Å². The van der Waals surface area contributed by atoms with E-state index < -0.39 is 0 Å². The number of hydrogen-bond donors (Lipinski definition) is 0. The van der Waals surface area contributed by atoms with Crippen LogP contribution in [-0.4, -0.2) is 51.1 Å². The van der Waals surface area contributed by atoms with Crippen LogP contribution in [0.2, 0.25) is 5.02 Å². The van der Waals surface area contributed by atoms with Crippen LogP contribution in [0.5, 0.6) is 0 Å². The average Bonchev–Trinajstić information content (AvgIpc) is 2.96. The van der Waals surface area contributed by atoms with Crippen LogP contribution in [0.1, 0.15) is 16.9 Å². The van der Waals surface area contributed by atoms with Crippen molar-refractivity contribution < 1.29 is 9.53 Å². The van der Waals surface area contributed by atoms with Gasteiger partial charge in [-0.05, 0) is 12.5 Å². The van der Waals surface area contributed by atoms with E-state index in [2.05, 4.69) is 11.6 Å². The highest BCUT2D eigenvalue weighted by Gasteiger charge is 2.22. The Morgan fingerprint density at radius 1 is 1.24 bits per heavy atom. The number of nitrogens with zero attached hydrogens (tertiary/aromatic N) is 4. The molecule has 150 valence electrons. The lowest BCUT2D eigenvalue weighted by atomic mass is 10.1. The molecular weight excluding hydrogens is 392 g/mol. The number of carbonyl (C=O) groups is 1. The molecule has 3 aromatic rings. The number of hydrogen-bond acceptors (Lipinski definition) is 4. The number of amides is 1. The molecule has 1 aliphatic rings. The number of fused-ring (bicyclic) bond motifs is 1. The third-order valence-corrected chi connectivity index (χ3v) is 5.24. The predicted octanol–water partition coefficient (Wildman–Crippen LogP) is 2.86. The fourth-order valence-corrected chi connectivity index (χ4v) is 3.72. The molecule has 0 N–H and O–H groups in total. The summed E-state index contributed by atoms with van der Waals surface area (Å²) < 4.78 is 8.57. The molecule has 0 unspecified atom stereocenters. The maximum Gasteiger partial charge on any atom is 0.295 e. The van der Waals surface area contributed by atoms with Crippen molar-refractivity contribution in [2.75, 3.05) is 26.3 Å². The van der Waals surface area contributed by atoms with Gasteiger partial charge in [0.25, 0.3) is 11.5 Å². The van der Waals surface area contributed by atoms with Gasteiger partial charge in [0, 0.05) is 49.2 Å². The van der Waals surface area contributed by atoms with Crippen LogP contribution in [0.3, 0.4) is 0 Å². The van der Waals surface area contributed by atoms with Gasteiger partial charge in [-0.25, -0.2) is 4.98 Å². The second kappa shape index (κ2) is 8.23. The molecule has 0 bridgehead atoms. The molecule has 0 radical (unpaired) electrons. The third-order valence-electron chi connectivity index (χ3n) is 4.91. The zero-order chi connectivity index (χ0) is 20.4. The molecule has 0 atom stereocenters. The summed E-state index contributed by atoms with van der Waals surface area (Å²) in [7, 11) is 0. The van der Waals surface area contributed by atoms with Crippen LogP contribution < -0.4 is 5.56 Å². The van der Waals surface area contributed by atoms with Gasteiger partial charge in [0.2, 0.25) is 5.65 Å². The summed E-state index contributed by atoms with van der Waals surface area (Å²) in [6, 6.07) is 7.31. The van der Waals surface area contributed by atoms with E-state index in [4.69, 9.17) is 16.3 Å². The minimum Gasteiger partial charge on any atom is -0.380 e. The Morgan fingerprint density at radius 3 is 2.86 bits per heavy atom. The summed E-state index contributed by atoms with van der Waals surface area (Å²) in [6.45, 7) is 6.31. The van der Waals surface area contributed by atoms with E-state index in [0.717, 1.165) is 12.0 Å². The quantitative estimate of drug-likeness (QED) is 0.618. The maximum absolute atomic E-state index is 13.1. The molecular formula is C21H21ClN4O3. The zero-order valence-electron chi connectivity index (χ0n) is 15.9. The highest BCUT2D eigenvalue weighted by molar-refractivity contribution is 6.33. The first-order chi connectivity index (χ1) is 14.1. The minimum atomic E-state index is -0.305. The fraction of sp³-hybridized carbons (Fsp3) is 0.286. The van der Waals surface area contributed by atoms with E-state index in [0.29, 0.717) is 43.6 Å². The summed E-state index contributed by atoms with van der Waals surface area (Å²) in [5, 5.41) is 0.532. The zero-order valence-corrected chi connectivity index (χ0v) is 16.6. The van der Waals surface area contributed by atoms with Crippen molar-refractivity contribution in [3.63, 3.8) is 0 Å². The van der Waals surface area contributed by atoms with Crippen molar-refractivity contribution >= 4 is 23.2 Å². The van der Waals surface area contributed by atoms with Crippen LogP contribution in [-0.2, 0) is 11.3 Å². The van der Waals surface area contributed by atoms with E-state index in [-0.39, 0.29) is 22.8 Å². The van der Waals surface area contributed by atoms with E-state index in [9.17, 15) is 9.59 Å². The Kier molecular flexibility index (Phi) is 5.51. The number of aromatic nitrogens is 3. The van der Waals surface area contributed by atoms with E-state index in [1.54, 1.807) is 38.4 Å². The predicted molar refractivity (Wildman–Crippen MR) is 111 cm³/mol. The Bertz CT molecular complexity index is 1130. The molecule has 3 heterocycles. The second-order valence-corrected chi connectivity index (χ2v) is 7.22. The molecule has 1 saturated heterocycles. The van der Waals surface area contributed by atoms with E-state index >= 15 is 0 Å². The van der Waals surface area contributed by atoms with Gasteiger partial charge in [-0.2, -0.15) is 0 Å². The SMILES string of the molecule is C=CCn1c(-c2ccccc2Cl)cn2cc(C(=O)N3CCCOCC3)nc2c1=O. The number of carbonyl (C=O) groups excluding carboxylic acids is 1. The van der Waals surface area contributed by atoms with E-state index in [1.165, 1.54) is 0 Å². The lowest BCUT2D eigenvalue weighted by molar-refractivity contribution is 0.0736. The number of allylic oxidation sites excluding steroid dienone is 1. The summed E-state index contributed by atoms with van der Waals surface area (Å²) in [6.07, 6.45) is 5.80. The van der Waals surface area contributed by atoms with Gasteiger partial charge < -0.3 is 9.64 Å². The number of halogens is 1. The van der Waals surface area contributed by atoms with Crippen molar-refractivity contribution in [2.45, 2.75) is 13.0 Å². The van der Waals surface area contributed by atoms with Gasteiger partial charge in [0.1, 0.15) is 5.69 Å². The molecule has 0 spiro atoms. The standard InChI is InChI=1S/C21H21ClN4O3/c1-2-8-26-18(15-6-3-4-7-16(15)22)14-25-13-17(23-19(25)21(26)28)20(27)24-9-5-11-29-12-10-24/h2-4,6-7,13-14H,1,5,8-12H2. The number of imidazole rings is 1. The van der Waals surface area contributed by atoms with Crippen LogP contribution in [0.4, 0.5) is 0 Å². The smallest absolute Gasteiger partial charge is 0.295 e. The molecule has 1 aliphatic heterocycles. The summed E-state index contributed by atoms with van der Waals surface area (Å²) in [5.41, 5.74) is 1.48. The first-order valence-corrected chi connectivity index (χ1v) is 9.83. The topological polar surface area (TPSA) is 68.8 Å². The molecule has 1 amide bonds. The molecule has 1 fully saturated rings. The van der Waals surface area contributed by atoms with Crippen LogP contribution in [0, 0.1) is 0 Å². The van der Waals surface area contributed by atoms with Gasteiger partial charge >= 0.3 is 0 Å². The Morgan fingerprint density at radius 2 is 2.07 bits per heavy atom. The number of rotatable bonds is 4. The molecule has 0 saturated carbocycles. The second-order valence-electron chi connectivity index (χ2n) is 6.81.